The van der Waals surface area contributed by atoms with E-state index in [0.29, 0.717) is 0 Å². The van der Waals surface area contributed by atoms with E-state index in [1.165, 1.54) is 0 Å². The van der Waals surface area contributed by atoms with Crippen LogP contribution in [0.3, 0.4) is 0 Å². The molecule has 0 amide bonds. The molecule has 0 saturated carbocycles. The second kappa shape index (κ2) is 6.18. The monoisotopic (exact) mass is 312 g/mol. The Balaban J connectivity index is 5.44. The molecule has 0 aliphatic heterocycles. The van der Waals surface area contributed by atoms with Gasteiger partial charge in [0.15, 0.2) is 28.4 Å². The summed E-state index contributed by atoms with van der Waals surface area (Å²) in [5.41, 5.74) is 0. The average Bonchev–Trinajstić information content (AvgIpc) is 2.15. The summed E-state index contributed by atoms with van der Waals surface area (Å²) in [6.07, 6.45) is 0. The Labute approximate surface area is 103 Å². The number of hydrogen-bond acceptors (Lipinski definition) is 6. The molecule has 0 aromatic rings. The predicted molar refractivity (Wildman–Crippen MR) is 60.5 cm³/mol. The number of sulfone groups is 2. The molecule has 0 heterocycles. The fraction of sp³-hybridized carbons (Fsp3) is 0.667. The van der Waals surface area contributed by atoms with E-state index in [1.807, 2.05) is 0 Å². The highest BCUT2D eigenvalue weighted by molar-refractivity contribution is 8.01. The van der Waals surface area contributed by atoms with Gasteiger partial charge in [-0.05, 0) is 0 Å². The van der Waals surface area contributed by atoms with E-state index in [9.17, 15) is 16.8 Å². The van der Waals surface area contributed by atoms with Crippen LogP contribution in [0.1, 0.15) is 0 Å². The number of halogens is 2. The van der Waals surface area contributed by atoms with Gasteiger partial charge in [0.2, 0.25) is 0 Å². The maximum Gasteiger partial charge on any atom is 0.193 e. The summed E-state index contributed by atoms with van der Waals surface area (Å²) in [4.78, 5) is 0. The normalized spacial score (nSPS) is 14.8. The van der Waals surface area contributed by atoms with E-state index < -0.39 is 53.1 Å². The van der Waals surface area contributed by atoms with Crippen molar-refractivity contribution in [3.63, 3.8) is 0 Å². The van der Waals surface area contributed by atoms with Crippen molar-refractivity contribution in [3.8, 4) is 0 Å². The standard InChI is InChI=1S/C6H10Cl2O6S2/c7-5(15(11,12)3-1-9)6(8)16(13,14)4-2-10/h9-10H,1-4H2/b6-5+. The molecule has 0 aliphatic carbocycles. The summed E-state index contributed by atoms with van der Waals surface area (Å²) in [7, 11) is -8.22. The van der Waals surface area contributed by atoms with E-state index in [4.69, 9.17) is 33.4 Å². The highest BCUT2D eigenvalue weighted by atomic mass is 35.5. The molecule has 0 radical (unpaired) electrons. The molecule has 6 nitrogen and oxygen atoms in total. The molecule has 0 atom stereocenters. The molecular weight excluding hydrogens is 303 g/mol. The van der Waals surface area contributed by atoms with Gasteiger partial charge in [-0.2, -0.15) is 0 Å². The lowest BCUT2D eigenvalue weighted by molar-refractivity contribution is 0.319. The molecule has 0 bridgehead atoms. The highest BCUT2D eigenvalue weighted by Gasteiger charge is 2.26. The van der Waals surface area contributed by atoms with Crippen LogP contribution in [0.4, 0.5) is 0 Å². The molecule has 16 heavy (non-hydrogen) atoms. The van der Waals surface area contributed by atoms with E-state index in [1.54, 1.807) is 0 Å². The summed E-state index contributed by atoms with van der Waals surface area (Å²) < 4.78 is 43.0. The first-order valence-electron chi connectivity index (χ1n) is 3.91. The maximum atomic E-state index is 11.3. The van der Waals surface area contributed by atoms with Crippen LogP contribution in [-0.2, 0) is 19.7 Å². The zero-order valence-corrected chi connectivity index (χ0v) is 11.1. The van der Waals surface area contributed by atoms with E-state index in [0.717, 1.165) is 0 Å². The Hall–Kier alpha value is 0.140. The Morgan fingerprint density at radius 2 is 1.06 bits per heavy atom. The fourth-order valence-corrected chi connectivity index (χ4v) is 3.92. The zero-order chi connectivity index (χ0) is 13.0. The molecule has 2 N–H and O–H groups in total. The van der Waals surface area contributed by atoms with Crippen LogP contribution >= 0.6 is 23.2 Å². The molecule has 10 heteroatoms. The van der Waals surface area contributed by atoms with E-state index in [-0.39, 0.29) is 0 Å². The number of aliphatic hydroxyl groups is 2. The smallest absolute Gasteiger partial charge is 0.193 e. The quantitative estimate of drug-likeness (QED) is 0.678. The molecule has 0 saturated heterocycles. The third-order valence-corrected chi connectivity index (χ3v) is 6.60. The van der Waals surface area contributed by atoms with Crippen molar-refractivity contribution < 1.29 is 27.0 Å². The van der Waals surface area contributed by atoms with Crippen molar-refractivity contribution in [1.82, 2.24) is 0 Å². The van der Waals surface area contributed by atoms with Crippen molar-refractivity contribution in [1.29, 1.82) is 0 Å². The van der Waals surface area contributed by atoms with Crippen molar-refractivity contribution in [2.45, 2.75) is 0 Å². The molecular formula is C6H10Cl2O6S2. The number of aliphatic hydroxyl groups excluding tert-OH is 2. The minimum atomic E-state index is -4.11. The lowest BCUT2D eigenvalue weighted by atomic mass is 10.9. The summed E-state index contributed by atoms with van der Waals surface area (Å²) >= 11 is 10.6. The first-order valence-corrected chi connectivity index (χ1v) is 7.97. The van der Waals surface area contributed by atoms with Crippen molar-refractivity contribution in [2.75, 3.05) is 24.7 Å². The van der Waals surface area contributed by atoms with Crippen LogP contribution in [0.25, 0.3) is 0 Å². The Morgan fingerprint density at radius 3 is 1.25 bits per heavy atom. The lowest BCUT2D eigenvalue weighted by Gasteiger charge is -2.04. The van der Waals surface area contributed by atoms with Gasteiger partial charge in [-0.15, -0.1) is 0 Å². The van der Waals surface area contributed by atoms with Crippen LogP contribution in [-0.4, -0.2) is 51.8 Å². The summed E-state index contributed by atoms with van der Waals surface area (Å²) in [5.74, 6) is -1.45. The van der Waals surface area contributed by atoms with Gasteiger partial charge in [0.05, 0.1) is 24.7 Å². The highest BCUT2D eigenvalue weighted by Crippen LogP contribution is 2.25. The van der Waals surface area contributed by atoms with Gasteiger partial charge < -0.3 is 10.2 Å². The summed E-state index contributed by atoms with van der Waals surface area (Å²) in [5, 5.41) is 16.9. The van der Waals surface area contributed by atoms with Gasteiger partial charge in [0.25, 0.3) is 0 Å². The van der Waals surface area contributed by atoms with E-state index in [2.05, 4.69) is 0 Å². The molecule has 0 rings (SSSR count). The molecule has 0 aromatic carbocycles. The van der Waals surface area contributed by atoms with Gasteiger partial charge >= 0.3 is 0 Å². The summed E-state index contributed by atoms with van der Waals surface area (Å²) in [6.45, 7) is -1.41. The van der Waals surface area contributed by atoms with Crippen molar-refractivity contribution in [2.24, 2.45) is 0 Å². The molecule has 0 aliphatic rings. The largest absolute Gasteiger partial charge is 0.395 e. The fourth-order valence-electron chi connectivity index (χ4n) is 0.664. The van der Waals surface area contributed by atoms with Crippen LogP contribution in [0.2, 0.25) is 0 Å². The molecule has 96 valence electrons. The van der Waals surface area contributed by atoms with Crippen LogP contribution < -0.4 is 0 Å². The molecule has 0 fully saturated rings. The third-order valence-electron chi connectivity index (χ3n) is 1.42. The first kappa shape index (κ1) is 16.1. The van der Waals surface area contributed by atoms with E-state index >= 15 is 0 Å². The Kier molecular flexibility index (Phi) is 6.23. The van der Waals surface area contributed by atoms with Gasteiger partial charge in [-0.1, -0.05) is 23.2 Å². The van der Waals surface area contributed by atoms with Gasteiger partial charge in [-0.25, -0.2) is 16.8 Å². The molecule has 0 aromatic heterocycles. The molecule has 0 spiro atoms. The zero-order valence-electron chi connectivity index (χ0n) is 7.93. The summed E-state index contributed by atoms with van der Waals surface area (Å²) in [6, 6.07) is 0. The average molecular weight is 313 g/mol. The number of hydrogen-bond donors (Lipinski definition) is 2. The Bertz CT molecular complexity index is 419. The lowest BCUT2D eigenvalue weighted by Crippen LogP contribution is -2.15. The topological polar surface area (TPSA) is 109 Å². The number of rotatable bonds is 6. The van der Waals surface area contributed by atoms with Crippen molar-refractivity contribution in [3.05, 3.63) is 8.73 Å². The predicted octanol–water partition coefficient (Wildman–Crippen LogP) is -0.595. The van der Waals surface area contributed by atoms with Gasteiger partial charge in [0.1, 0.15) is 0 Å². The van der Waals surface area contributed by atoms with Crippen molar-refractivity contribution >= 4 is 42.9 Å². The van der Waals surface area contributed by atoms with Crippen LogP contribution in [0.5, 0.6) is 0 Å². The van der Waals surface area contributed by atoms with Crippen LogP contribution in [0, 0.1) is 0 Å². The first-order chi connectivity index (χ1) is 7.19. The SMILES string of the molecule is O=S(=O)(CCO)/C(Cl)=C(\Cl)S(=O)(=O)CCO. The minimum absolute atomic E-state index is 0.706. The maximum absolute atomic E-state index is 11.3. The van der Waals surface area contributed by atoms with Gasteiger partial charge in [-0.3, -0.25) is 0 Å². The Morgan fingerprint density at radius 1 is 0.812 bits per heavy atom. The third kappa shape index (κ3) is 4.19. The van der Waals surface area contributed by atoms with Crippen LogP contribution in [0.15, 0.2) is 8.73 Å². The second-order valence-electron chi connectivity index (χ2n) is 2.63. The molecule has 0 unspecified atom stereocenters. The minimum Gasteiger partial charge on any atom is -0.395 e. The second-order valence-corrected chi connectivity index (χ2v) is 7.93. The van der Waals surface area contributed by atoms with Gasteiger partial charge in [0, 0.05) is 0 Å².